The van der Waals surface area contributed by atoms with Crippen LogP contribution in [0.1, 0.15) is 29.5 Å². The lowest BCUT2D eigenvalue weighted by atomic mass is 10.1. The minimum Gasteiger partial charge on any atom is -0.494 e. The van der Waals surface area contributed by atoms with Crippen LogP contribution in [0.3, 0.4) is 0 Å². The maximum Gasteiger partial charge on any atom is 0.226 e. The Kier molecular flexibility index (Phi) is 5.79. The van der Waals surface area contributed by atoms with Gasteiger partial charge in [-0.2, -0.15) is 0 Å². The van der Waals surface area contributed by atoms with Crippen molar-refractivity contribution < 1.29 is 9.53 Å². The molecule has 0 atom stereocenters. The maximum absolute atomic E-state index is 12.1. The van der Waals surface area contributed by atoms with E-state index in [1.807, 2.05) is 45.0 Å². The molecule has 6 heteroatoms. The van der Waals surface area contributed by atoms with E-state index in [1.54, 1.807) is 0 Å². The van der Waals surface area contributed by atoms with Crippen molar-refractivity contribution in [2.75, 3.05) is 11.9 Å². The van der Waals surface area contributed by atoms with E-state index in [9.17, 15) is 4.79 Å². The molecule has 0 unspecified atom stereocenters. The monoisotopic (exact) mass is 388 g/mol. The Morgan fingerprint density at radius 2 is 1.92 bits per heavy atom. The van der Waals surface area contributed by atoms with E-state index in [1.165, 1.54) is 16.9 Å². The van der Waals surface area contributed by atoms with Gasteiger partial charge in [-0.25, -0.2) is 4.98 Å². The standard InChI is InChI=1S/C20H21ClN2O2S/c1-12-6-7-16-17(9-12)26-20(22-16)23-18(24)5-4-8-25-15-10-13(2)19(21)14(3)11-15/h6-7,9-11H,4-5,8H2,1-3H3,(H,22,23,24). The zero-order valence-electron chi connectivity index (χ0n) is 15.1. The van der Waals surface area contributed by atoms with Crippen LogP contribution in [0.2, 0.25) is 5.02 Å². The van der Waals surface area contributed by atoms with Crippen molar-refractivity contribution in [3.8, 4) is 5.75 Å². The largest absolute Gasteiger partial charge is 0.494 e. The molecule has 3 aromatic rings. The second-order valence-electron chi connectivity index (χ2n) is 6.36. The molecule has 0 saturated carbocycles. The number of aryl methyl sites for hydroxylation is 3. The van der Waals surface area contributed by atoms with Gasteiger partial charge in [0.05, 0.1) is 16.8 Å². The summed E-state index contributed by atoms with van der Waals surface area (Å²) in [4.78, 5) is 16.5. The predicted molar refractivity (Wildman–Crippen MR) is 109 cm³/mol. The van der Waals surface area contributed by atoms with Crippen molar-refractivity contribution in [3.63, 3.8) is 0 Å². The summed E-state index contributed by atoms with van der Waals surface area (Å²) in [5.74, 6) is 0.735. The summed E-state index contributed by atoms with van der Waals surface area (Å²) in [5.41, 5.74) is 4.08. The Labute approximate surface area is 162 Å². The smallest absolute Gasteiger partial charge is 0.226 e. The summed E-state index contributed by atoms with van der Waals surface area (Å²) in [6.45, 7) is 6.43. The summed E-state index contributed by atoms with van der Waals surface area (Å²) in [5, 5.41) is 4.28. The molecule has 0 bridgehead atoms. The summed E-state index contributed by atoms with van der Waals surface area (Å²) in [7, 11) is 0. The van der Waals surface area contributed by atoms with E-state index in [4.69, 9.17) is 16.3 Å². The van der Waals surface area contributed by atoms with Crippen LogP contribution in [0.15, 0.2) is 30.3 Å². The van der Waals surface area contributed by atoms with Gasteiger partial charge in [-0.15, -0.1) is 0 Å². The predicted octanol–water partition coefficient (Wildman–Crippen LogP) is 5.67. The van der Waals surface area contributed by atoms with Gasteiger partial charge in [0.1, 0.15) is 5.75 Å². The van der Waals surface area contributed by atoms with E-state index in [2.05, 4.69) is 16.4 Å². The number of amides is 1. The topological polar surface area (TPSA) is 51.2 Å². The van der Waals surface area contributed by atoms with E-state index >= 15 is 0 Å². The Hall–Kier alpha value is -2.11. The van der Waals surface area contributed by atoms with Gasteiger partial charge < -0.3 is 10.1 Å². The van der Waals surface area contributed by atoms with E-state index in [-0.39, 0.29) is 5.91 Å². The molecular formula is C20H21ClN2O2S. The summed E-state index contributed by atoms with van der Waals surface area (Å²) < 4.78 is 6.81. The number of hydrogen-bond donors (Lipinski definition) is 1. The fraction of sp³-hybridized carbons (Fsp3) is 0.300. The number of ether oxygens (including phenoxy) is 1. The van der Waals surface area contributed by atoms with Gasteiger partial charge in [0, 0.05) is 11.4 Å². The number of anilines is 1. The van der Waals surface area contributed by atoms with Crippen LogP contribution in [-0.2, 0) is 4.79 Å². The van der Waals surface area contributed by atoms with E-state index in [0.717, 1.165) is 32.1 Å². The number of benzene rings is 2. The number of hydrogen-bond acceptors (Lipinski definition) is 4. The quantitative estimate of drug-likeness (QED) is 0.553. The van der Waals surface area contributed by atoms with Crippen LogP contribution in [0.4, 0.5) is 5.13 Å². The average Bonchev–Trinajstić information content (AvgIpc) is 2.97. The molecule has 1 aromatic heterocycles. The van der Waals surface area contributed by atoms with Crippen LogP contribution in [0.25, 0.3) is 10.2 Å². The molecule has 0 fully saturated rings. The highest BCUT2D eigenvalue weighted by Crippen LogP contribution is 2.27. The molecule has 0 aliphatic rings. The SMILES string of the molecule is Cc1ccc2nc(NC(=O)CCCOc3cc(C)c(Cl)c(C)c3)sc2c1. The van der Waals surface area contributed by atoms with Crippen LogP contribution >= 0.6 is 22.9 Å². The van der Waals surface area contributed by atoms with Crippen molar-refractivity contribution in [2.45, 2.75) is 33.6 Å². The molecule has 1 heterocycles. The number of halogens is 1. The number of fused-ring (bicyclic) bond motifs is 1. The Morgan fingerprint density at radius 1 is 1.19 bits per heavy atom. The number of carbonyl (C=O) groups excluding carboxylic acids is 1. The molecular weight excluding hydrogens is 368 g/mol. The van der Waals surface area contributed by atoms with Crippen molar-refractivity contribution in [1.82, 2.24) is 4.98 Å². The second kappa shape index (κ2) is 8.06. The van der Waals surface area contributed by atoms with E-state index < -0.39 is 0 Å². The molecule has 26 heavy (non-hydrogen) atoms. The number of thiazole rings is 1. The van der Waals surface area contributed by atoms with Crippen LogP contribution in [0, 0.1) is 20.8 Å². The molecule has 1 amide bonds. The average molecular weight is 389 g/mol. The second-order valence-corrected chi connectivity index (χ2v) is 7.77. The lowest BCUT2D eigenvalue weighted by Gasteiger charge is -2.09. The fourth-order valence-electron chi connectivity index (χ4n) is 2.68. The Bertz CT molecular complexity index is 929. The molecule has 2 aromatic carbocycles. The first-order chi connectivity index (χ1) is 12.4. The lowest BCUT2D eigenvalue weighted by molar-refractivity contribution is -0.116. The van der Waals surface area contributed by atoms with Gasteiger partial charge in [0.15, 0.2) is 5.13 Å². The maximum atomic E-state index is 12.1. The van der Waals surface area contributed by atoms with Crippen LogP contribution in [0.5, 0.6) is 5.75 Å². The molecule has 1 N–H and O–H groups in total. The number of nitrogens with one attached hydrogen (secondary N) is 1. The molecule has 136 valence electrons. The Balaban J connectivity index is 1.48. The highest BCUT2D eigenvalue weighted by atomic mass is 35.5. The highest BCUT2D eigenvalue weighted by Gasteiger charge is 2.09. The minimum atomic E-state index is -0.0483. The van der Waals surface area contributed by atoms with Gasteiger partial charge in [0.2, 0.25) is 5.91 Å². The van der Waals surface area contributed by atoms with Crippen LogP contribution in [-0.4, -0.2) is 17.5 Å². The van der Waals surface area contributed by atoms with Crippen molar-refractivity contribution in [3.05, 3.63) is 52.0 Å². The molecule has 0 saturated heterocycles. The molecule has 0 radical (unpaired) electrons. The summed E-state index contributed by atoms with van der Waals surface area (Å²) in [6, 6.07) is 9.90. The first-order valence-electron chi connectivity index (χ1n) is 8.49. The molecule has 0 spiro atoms. The first kappa shape index (κ1) is 18.7. The minimum absolute atomic E-state index is 0.0483. The zero-order chi connectivity index (χ0) is 18.7. The molecule has 0 aliphatic heterocycles. The molecule has 0 aliphatic carbocycles. The van der Waals surface area contributed by atoms with Crippen molar-refractivity contribution >= 4 is 44.2 Å². The highest BCUT2D eigenvalue weighted by molar-refractivity contribution is 7.22. The third kappa shape index (κ3) is 4.54. The molecule has 3 rings (SSSR count). The number of nitrogens with zero attached hydrogens (tertiary/aromatic N) is 1. The van der Waals surface area contributed by atoms with Gasteiger partial charge in [-0.1, -0.05) is 29.0 Å². The number of rotatable bonds is 6. The number of aromatic nitrogens is 1. The first-order valence-corrected chi connectivity index (χ1v) is 9.68. The number of carbonyl (C=O) groups is 1. The third-order valence-corrected chi connectivity index (χ3v) is 5.55. The van der Waals surface area contributed by atoms with Crippen molar-refractivity contribution in [2.24, 2.45) is 0 Å². The van der Waals surface area contributed by atoms with Crippen molar-refractivity contribution in [1.29, 1.82) is 0 Å². The fourth-order valence-corrected chi connectivity index (χ4v) is 3.77. The van der Waals surface area contributed by atoms with Gasteiger partial charge >= 0.3 is 0 Å². The summed E-state index contributed by atoms with van der Waals surface area (Å²) in [6.07, 6.45) is 1.02. The zero-order valence-corrected chi connectivity index (χ0v) is 16.6. The van der Waals surface area contributed by atoms with Gasteiger partial charge in [-0.05, 0) is 68.1 Å². The lowest BCUT2D eigenvalue weighted by Crippen LogP contribution is -2.12. The van der Waals surface area contributed by atoms with E-state index in [0.29, 0.717) is 24.6 Å². The van der Waals surface area contributed by atoms with Gasteiger partial charge in [0.25, 0.3) is 0 Å². The van der Waals surface area contributed by atoms with Gasteiger partial charge in [-0.3, -0.25) is 4.79 Å². The normalized spacial score (nSPS) is 10.9. The molecule has 4 nitrogen and oxygen atoms in total. The third-order valence-electron chi connectivity index (χ3n) is 4.02. The van der Waals surface area contributed by atoms with Crippen LogP contribution < -0.4 is 10.1 Å². The summed E-state index contributed by atoms with van der Waals surface area (Å²) >= 11 is 7.65. The Morgan fingerprint density at radius 3 is 2.65 bits per heavy atom.